The number of nitrogens with two attached hydrogens (primary N) is 1. The molecule has 5 N–H and O–H groups in total. The number of piperazine rings is 1. The van der Waals surface area contributed by atoms with E-state index in [4.69, 9.17) is 30.1 Å². The molecule has 2 aromatic carbocycles. The molecule has 18 nitrogen and oxygen atoms in total. The van der Waals surface area contributed by atoms with Gasteiger partial charge in [0.05, 0.1) is 24.4 Å². The summed E-state index contributed by atoms with van der Waals surface area (Å²) in [6.07, 6.45) is -0.963. The number of aliphatic carboxylic acids is 1. The normalized spacial score (nSPS) is 17.5. The number of methoxy groups -OCH3 is 1. The van der Waals surface area contributed by atoms with E-state index in [1.807, 2.05) is 45.0 Å². The number of anilines is 2. The molecule has 334 valence electrons. The molecule has 6 rings (SSSR count). The summed E-state index contributed by atoms with van der Waals surface area (Å²) < 4.78 is 42.8. The summed E-state index contributed by atoms with van der Waals surface area (Å²) in [5.41, 5.74) is 9.56. The highest BCUT2D eigenvalue weighted by Gasteiger charge is 2.38. The maximum Gasteiger partial charge on any atom is 0.490 e. The number of nitrogens with one attached hydrogen (secondary N) is 2. The lowest BCUT2D eigenvalue weighted by Gasteiger charge is -2.32. The summed E-state index contributed by atoms with van der Waals surface area (Å²) in [6.45, 7) is 9.49. The number of tetrazole rings is 1. The number of carbonyl (C=O) groups excluding carboxylic acids is 3. The molecule has 2 aliphatic rings. The van der Waals surface area contributed by atoms with Crippen molar-refractivity contribution in [1.29, 1.82) is 0 Å². The second-order valence-electron chi connectivity index (χ2n) is 16.1. The lowest BCUT2D eigenvalue weighted by molar-refractivity contribution is -0.192. The molecule has 0 spiro atoms. The van der Waals surface area contributed by atoms with Crippen LogP contribution in [0.15, 0.2) is 54.7 Å². The molecule has 3 amide bonds. The van der Waals surface area contributed by atoms with E-state index < -0.39 is 35.8 Å². The van der Waals surface area contributed by atoms with Crippen molar-refractivity contribution in [3.63, 3.8) is 0 Å². The number of amides is 3. The first-order chi connectivity index (χ1) is 29.3. The quantitative estimate of drug-likeness (QED) is 0.163. The van der Waals surface area contributed by atoms with Gasteiger partial charge in [0.25, 0.3) is 5.91 Å². The number of carboxylic acids is 1. The van der Waals surface area contributed by atoms with Crippen LogP contribution in [0.25, 0.3) is 22.5 Å². The van der Waals surface area contributed by atoms with Crippen LogP contribution in [0.5, 0.6) is 5.88 Å². The van der Waals surface area contributed by atoms with Crippen molar-refractivity contribution in [2.45, 2.75) is 70.7 Å². The van der Waals surface area contributed by atoms with E-state index in [1.54, 1.807) is 37.6 Å². The molecule has 2 fully saturated rings. The number of hydrogen-bond donors (Lipinski definition) is 4. The number of carboxylic acid groups (broad SMARTS) is 1. The van der Waals surface area contributed by atoms with Crippen molar-refractivity contribution >= 4 is 35.5 Å². The second kappa shape index (κ2) is 20.6. The van der Waals surface area contributed by atoms with Gasteiger partial charge in [-0.1, -0.05) is 24.3 Å². The third kappa shape index (κ3) is 12.9. The Morgan fingerprint density at radius 1 is 0.968 bits per heavy atom. The molecule has 1 saturated heterocycles. The Labute approximate surface area is 356 Å². The van der Waals surface area contributed by atoms with Crippen LogP contribution in [0.1, 0.15) is 52.0 Å². The van der Waals surface area contributed by atoms with E-state index in [-0.39, 0.29) is 24.2 Å². The molecular formula is C41H52F3N11O7. The molecule has 1 aliphatic carbocycles. The van der Waals surface area contributed by atoms with Gasteiger partial charge in [0.1, 0.15) is 5.60 Å². The number of benzene rings is 2. The minimum Gasteiger partial charge on any atom is -0.480 e. The van der Waals surface area contributed by atoms with E-state index in [1.165, 1.54) is 4.90 Å². The van der Waals surface area contributed by atoms with Crippen LogP contribution in [-0.4, -0.2) is 129 Å². The van der Waals surface area contributed by atoms with Crippen LogP contribution in [0.3, 0.4) is 0 Å². The molecule has 2 aromatic heterocycles. The van der Waals surface area contributed by atoms with Gasteiger partial charge in [0.2, 0.25) is 23.6 Å². The van der Waals surface area contributed by atoms with Crippen LogP contribution in [-0.2, 0) is 25.5 Å². The molecule has 1 saturated carbocycles. The van der Waals surface area contributed by atoms with Crippen LogP contribution in [0.2, 0.25) is 0 Å². The molecule has 3 heterocycles. The molecular weight excluding hydrogens is 816 g/mol. The SMILES string of the molecule is COc1nc(N2CCN(C)CC2)ncc1-c1ccc(C[C@H](N)C(=O)N(C(=O)C2CCC(CNC(=O)OC(C)(C)C)CC2)c2ccc(-c3nn[nH]n3)cc2)cc1.O=C(O)C(F)(F)F. The van der Waals surface area contributed by atoms with Gasteiger partial charge in [0.15, 0.2) is 0 Å². The highest BCUT2D eigenvalue weighted by molar-refractivity contribution is 6.17. The van der Waals surface area contributed by atoms with Gasteiger partial charge in [-0.05, 0) is 106 Å². The van der Waals surface area contributed by atoms with Crippen molar-refractivity contribution in [2.75, 3.05) is 56.7 Å². The largest absolute Gasteiger partial charge is 0.490 e. The van der Waals surface area contributed by atoms with Gasteiger partial charge in [-0.2, -0.15) is 23.4 Å². The molecule has 1 atom stereocenters. The number of aromatic nitrogens is 6. The summed E-state index contributed by atoms with van der Waals surface area (Å²) in [4.78, 5) is 64.5. The Morgan fingerprint density at radius 3 is 2.13 bits per heavy atom. The first-order valence-corrected chi connectivity index (χ1v) is 20.0. The van der Waals surface area contributed by atoms with E-state index in [0.29, 0.717) is 48.3 Å². The number of carbonyl (C=O) groups is 4. The number of ether oxygens (including phenoxy) is 2. The van der Waals surface area contributed by atoms with Gasteiger partial charge in [-0.15, -0.1) is 10.2 Å². The fourth-order valence-electron chi connectivity index (χ4n) is 6.94. The number of hydrogen-bond acceptors (Lipinski definition) is 14. The molecule has 0 bridgehead atoms. The zero-order chi connectivity index (χ0) is 45.2. The zero-order valence-corrected chi connectivity index (χ0v) is 35.2. The Hall–Kier alpha value is -6.22. The van der Waals surface area contributed by atoms with Gasteiger partial charge < -0.3 is 35.4 Å². The predicted molar refractivity (Wildman–Crippen MR) is 221 cm³/mol. The number of likely N-dealkylation sites (N-methyl/N-ethyl adjacent to an activating group) is 1. The Morgan fingerprint density at radius 2 is 1.58 bits per heavy atom. The first kappa shape index (κ1) is 46.8. The van der Waals surface area contributed by atoms with Crippen molar-refractivity contribution in [3.05, 3.63) is 60.3 Å². The first-order valence-electron chi connectivity index (χ1n) is 20.0. The number of aromatic amines is 1. The summed E-state index contributed by atoms with van der Waals surface area (Å²) in [6, 6.07) is 13.6. The third-order valence-electron chi connectivity index (χ3n) is 10.3. The highest BCUT2D eigenvalue weighted by Crippen LogP contribution is 2.33. The summed E-state index contributed by atoms with van der Waals surface area (Å²) in [7, 11) is 3.70. The van der Waals surface area contributed by atoms with E-state index >= 15 is 0 Å². The molecule has 0 radical (unpaired) electrons. The van der Waals surface area contributed by atoms with E-state index in [9.17, 15) is 27.6 Å². The van der Waals surface area contributed by atoms with Gasteiger partial charge >= 0.3 is 18.2 Å². The second-order valence-corrected chi connectivity index (χ2v) is 16.1. The minimum atomic E-state index is -5.08. The van der Waals surface area contributed by atoms with Crippen LogP contribution >= 0.6 is 0 Å². The molecule has 62 heavy (non-hydrogen) atoms. The highest BCUT2D eigenvalue weighted by atomic mass is 19.4. The molecule has 4 aromatic rings. The predicted octanol–water partition coefficient (Wildman–Crippen LogP) is 4.48. The maximum atomic E-state index is 14.2. The summed E-state index contributed by atoms with van der Waals surface area (Å²) >= 11 is 0. The molecule has 0 unspecified atom stereocenters. The third-order valence-corrected chi connectivity index (χ3v) is 10.3. The van der Waals surface area contributed by atoms with Crippen LogP contribution in [0, 0.1) is 11.8 Å². The van der Waals surface area contributed by atoms with E-state index in [0.717, 1.165) is 55.7 Å². The fraction of sp³-hybridized carbons (Fsp3) is 0.488. The summed E-state index contributed by atoms with van der Waals surface area (Å²) in [5, 5.41) is 24.1. The number of imide groups is 1. The van der Waals surface area contributed by atoms with Crippen molar-refractivity contribution in [3.8, 4) is 28.4 Å². The van der Waals surface area contributed by atoms with Crippen LogP contribution in [0.4, 0.5) is 29.6 Å². The van der Waals surface area contributed by atoms with Crippen LogP contribution < -0.4 is 25.6 Å². The lowest BCUT2D eigenvalue weighted by Crippen LogP contribution is -2.50. The number of rotatable bonds is 11. The Balaban J connectivity index is 0.000000955. The standard InChI is InChI=1S/C39H51N11O5.C2HF3O2/c1-39(2,3)55-38(53)42-23-26-8-12-29(13-9-26)35(51)50(30-16-14-28(15-17-30)33-44-46-47-45-33)36(52)32(40)22-25-6-10-27(11-7-25)31-24-41-37(43-34(31)54-5)49-20-18-48(4)19-21-49;3-2(4,5)1(6)7/h6-7,10-11,14-17,24,26,29,32H,8-9,12-13,18-23,40H2,1-5H3,(H,42,53)(H,44,45,46,47);(H,6,7)/t26?,29?,32-;/m0./s1. The van der Waals surface area contributed by atoms with Gasteiger partial charge in [-0.25, -0.2) is 19.5 Å². The van der Waals surface area contributed by atoms with Gasteiger partial charge in [0, 0.05) is 50.4 Å². The van der Waals surface area contributed by atoms with Crippen molar-refractivity contribution < 1.29 is 46.9 Å². The average Bonchev–Trinajstić information content (AvgIpc) is 3.78. The monoisotopic (exact) mass is 867 g/mol. The maximum absolute atomic E-state index is 14.2. The lowest BCUT2D eigenvalue weighted by atomic mass is 9.81. The van der Waals surface area contributed by atoms with Crippen molar-refractivity contribution in [1.82, 2.24) is 40.8 Å². The minimum absolute atomic E-state index is 0.196. The fourth-order valence-corrected chi connectivity index (χ4v) is 6.94. The Kier molecular flexibility index (Phi) is 15.5. The average molecular weight is 868 g/mol. The number of alkyl halides is 3. The number of halogens is 3. The number of nitrogens with zero attached hydrogens (tertiary/aromatic N) is 8. The van der Waals surface area contributed by atoms with Crippen molar-refractivity contribution in [2.24, 2.45) is 17.6 Å². The number of H-pyrrole nitrogens is 1. The zero-order valence-electron chi connectivity index (χ0n) is 35.2. The number of alkyl carbamates (subject to hydrolysis) is 1. The topological polar surface area (TPSA) is 235 Å². The molecule has 21 heteroatoms. The smallest absolute Gasteiger partial charge is 0.480 e. The Bertz CT molecular complexity index is 2120. The van der Waals surface area contributed by atoms with E-state index in [2.05, 4.69) is 47.8 Å². The van der Waals surface area contributed by atoms with Gasteiger partial charge in [-0.3, -0.25) is 9.59 Å². The summed E-state index contributed by atoms with van der Waals surface area (Å²) in [5.74, 6) is -2.22. The molecule has 1 aliphatic heterocycles.